The highest BCUT2D eigenvalue weighted by Crippen LogP contribution is 2.58. The Morgan fingerprint density at radius 2 is 1.50 bits per heavy atom. The van der Waals surface area contributed by atoms with Crippen molar-refractivity contribution >= 4 is 11.9 Å². The molecule has 1 heterocycles. The minimum Gasteiger partial charge on any atom is -0.325 e. The number of nitrogens with zero attached hydrogens (tertiary/aromatic N) is 1. The first-order chi connectivity index (χ1) is 9.64. The smallest absolute Gasteiger partial charge is 0.325 e. The van der Waals surface area contributed by atoms with E-state index in [9.17, 15) is 9.59 Å². The van der Waals surface area contributed by atoms with Gasteiger partial charge in [0.1, 0.15) is 6.04 Å². The first-order valence-electron chi connectivity index (χ1n) is 8.29. The van der Waals surface area contributed by atoms with Crippen LogP contribution in [0.2, 0.25) is 0 Å². The summed E-state index contributed by atoms with van der Waals surface area (Å²) in [4.78, 5) is 26.9. The van der Waals surface area contributed by atoms with Crippen molar-refractivity contribution in [2.75, 3.05) is 0 Å². The largest absolute Gasteiger partial charge is 0.325 e. The van der Waals surface area contributed by atoms with Gasteiger partial charge in [0, 0.05) is 0 Å². The summed E-state index contributed by atoms with van der Waals surface area (Å²) < 4.78 is 0. The second-order valence-electron chi connectivity index (χ2n) is 8.08. The van der Waals surface area contributed by atoms with Gasteiger partial charge in [-0.25, -0.2) is 4.79 Å². The summed E-state index contributed by atoms with van der Waals surface area (Å²) >= 11 is 0. The molecule has 4 bridgehead atoms. The Morgan fingerprint density at radius 1 is 0.950 bits per heavy atom. The van der Waals surface area contributed by atoms with Gasteiger partial charge in [0.2, 0.25) is 0 Å². The van der Waals surface area contributed by atoms with E-state index in [4.69, 9.17) is 0 Å². The molecule has 1 unspecified atom stereocenters. The van der Waals surface area contributed by atoms with E-state index in [1.165, 1.54) is 19.3 Å². The zero-order chi connectivity index (χ0) is 13.5. The van der Waals surface area contributed by atoms with E-state index >= 15 is 0 Å². The summed E-state index contributed by atoms with van der Waals surface area (Å²) in [6.45, 7) is 0. The maximum absolute atomic E-state index is 12.8. The molecule has 3 amide bonds. The number of imide groups is 1. The van der Waals surface area contributed by atoms with Gasteiger partial charge >= 0.3 is 6.03 Å². The monoisotopic (exact) mass is 274 g/mol. The second-order valence-corrected chi connectivity index (χ2v) is 8.08. The maximum atomic E-state index is 12.8. The molecular weight excluding hydrogens is 252 g/mol. The first-order valence-corrected chi connectivity index (χ1v) is 8.29. The first kappa shape index (κ1) is 11.6. The van der Waals surface area contributed by atoms with Crippen LogP contribution in [0.5, 0.6) is 0 Å². The van der Waals surface area contributed by atoms with E-state index in [0.29, 0.717) is 5.92 Å². The van der Waals surface area contributed by atoms with Crippen LogP contribution in [0.25, 0.3) is 0 Å². The summed E-state index contributed by atoms with van der Waals surface area (Å²) in [5, 5.41) is 2.98. The number of carbonyl (C=O) groups is 2. The van der Waals surface area contributed by atoms with Gasteiger partial charge < -0.3 is 5.32 Å². The molecule has 6 fully saturated rings. The van der Waals surface area contributed by atoms with Crippen LogP contribution < -0.4 is 5.32 Å². The van der Waals surface area contributed by atoms with E-state index in [-0.39, 0.29) is 23.5 Å². The van der Waals surface area contributed by atoms with Gasteiger partial charge in [0.15, 0.2) is 0 Å². The molecule has 5 saturated carbocycles. The number of amides is 3. The molecule has 6 rings (SSSR count). The highest BCUT2D eigenvalue weighted by atomic mass is 16.2. The van der Waals surface area contributed by atoms with Crippen molar-refractivity contribution in [3.05, 3.63) is 0 Å². The predicted octanol–water partition coefficient (Wildman–Crippen LogP) is 2.29. The average Bonchev–Trinajstić information content (AvgIpc) is 3.13. The van der Waals surface area contributed by atoms with Gasteiger partial charge in [-0.15, -0.1) is 0 Å². The van der Waals surface area contributed by atoms with E-state index < -0.39 is 0 Å². The lowest BCUT2D eigenvalue weighted by Crippen LogP contribution is -2.62. The second kappa shape index (κ2) is 3.58. The third-order valence-corrected chi connectivity index (χ3v) is 6.54. The maximum Gasteiger partial charge on any atom is 0.325 e. The Bertz CT molecular complexity index is 461. The molecule has 0 radical (unpaired) electrons. The van der Waals surface area contributed by atoms with E-state index in [2.05, 4.69) is 5.32 Å². The Labute approximate surface area is 119 Å². The van der Waals surface area contributed by atoms with Crippen molar-refractivity contribution in [3.8, 4) is 0 Å². The Balaban J connectivity index is 1.49. The summed E-state index contributed by atoms with van der Waals surface area (Å²) in [5.74, 6) is 2.82. The van der Waals surface area contributed by atoms with Crippen LogP contribution in [-0.2, 0) is 4.79 Å². The standard InChI is InChI=1S/C16H22N2O2/c19-14-13(12-1-2-12)17-15(20)18(14)16-6-9-3-10(7-16)5-11(4-9)8-16/h9-13H,1-8H2,(H,17,20). The Hall–Kier alpha value is -1.06. The number of carbonyl (C=O) groups excluding carboxylic acids is 2. The fourth-order valence-electron chi connectivity index (χ4n) is 6.04. The Kier molecular flexibility index (Phi) is 2.07. The SMILES string of the molecule is O=C1NC(C2CC2)C(=O)N1C12CC3CC(CC(C3)C1)C2. The van der Waals surface area contributed by atoms with Crippen LogP contribution in [0, 0.1) is 23.7 Å². The molecule has 6 aliphatic rings. The van der Waals surface area contributed by atoms with Gasteiger partial charge in [0.25, 0.3) is 5.91 Å². The molecular formula is C16H22N2O2. The number of urea groups is 1. The topological polar surface area (TPSA) is 49.4 Å². The van der Waals surface area contributed by atoms with Crippen molar-refractivity contribution in [3.63, 3.8) is 0 Å². The summed E-state index contributed by atoms with van der Waals surface area (Å²) in [7, 11) is 0. The lowest BCUT2D eigenvalue weighted by Gasteiger charge is -2.58. The van der Waals surface area contributed by atoms with Gasteiger partial charge in [-0.2, -0.15) is 0 Å². The molecule has 4 heteroatoms. The van der Waals surface area contributed by atoms with Crippen LogP contribution in [0.1, 0.15) is 51.4 Å². The van der Waals surface area contributed by atoms with Gasteiger partial charge in [-0.05, 0) is 75.0 Å². The molecule has 0 spiro atoms. The van der Waals surface area contributed by atoms with Crippen molar-refractivity contribution in [1.29, 1.82) is 0 Å². The van der Waals surface area contributed by atoms with Crippen molar-refractivity contribution in [2.24, 2.45) is 23.7 Å². The van der Waals surface area contributed by atoms with Crippen molar-refractivity contribution < 1.29 is 9.59 Å². The van der Waals surface area contributed by atoms with Crippen LogP contribution in [0.15, 0.2) is 0 Å². The van der Waals surface area contributed by atoms with Gasteiger partial charge in [-0.1, -0.05) is 0 Å². The molecule has 4 nitrogen and oxygen atoms in total. The highest BCUT2D eigenvalue weighted by Gasteiger charge is 2.60. The number of nitrogens with one attached hydrogen (secondary N) is 1. The van der Waals surface area contributed by atoms with Crippen molar-refractivity contribution in [2.45, 2.75) is 62.9 Å². The van der Waals surface area contributed by atoms with Crippen molar-refractivity contribution in [1.82, 2.24) is 10.2 Å². The van der Waals surface area contributed by atoms with Gasteiger partial charge in [0.05, 0.1) is 5.54 Å². The minimum atomic E-state index is -0.199. The molecule has 5 aliphatic carbocycles. The quantitative estimate of drug-likeness (QED) is 0.785. The lowest BCUT2D eigenvalue weighted by atomic mass is 9.52. The fraction of sp³-hybridized carbons (Fsp3) is 0.875. The Morgan fingerprint density at radius 3 is 2.00 bits per heavy atom. The molecule has 0 aromatic rings. The predicted molar refractivity (Wildman–Crippen MR) is 72.8 cm³/mol. The molecule has 1 saturated heterocycles. The minimum absolute atomic E-state index is 0.0890. The van der Waals surface area contributed by atoms with Crippen LogP contribution in [0.3, 0.4) is 0 Å². The third-order valence-electron chi connectivity index (χ3n) is 6.54. The average molecular weight is 274 g/mol. The highest BCUT2D eigenvalue weighted by molar-refractivity contribution is 6.05. The molecule has 1 atom stereocenters. The van der Waals surface area contributed by atoms with E-state index in [1.54, 1.807) is 4.90 Å². The van der Waals surface area contributed by atoms with Crippen LogP contribution in [0.4, 0.5) is 4.79 Å². The molecule has 1 aliphatic heterocycles. The molecule has 0 aromatic carbocycles. The fourth-order valence-corrected chi connectivity index (χ4v) is 6.04. The normalized spacial score (nSPS) is 49.9. The third kappa shape index (κ3) is 1.43. The number of hydrogen-bond donors (Lipinski definition) is 1. The molecule has 20 heavy (non-hydrogen) atoms. The molecule has 0 aromatic heterocycles. The van der Waals surface area contributed by atoms with E-state index in [1.807, 2.05) is 0 Å². The zero-order valence-electron chi connectivity index (χ0n) is 11.8. The number of rotatable bonds is 2. The summed E-state index contributed by atoms with van der Waals surface area (Å²) in [6.07, 6.45) is 9.47. The lowest BCUT2D eigenvalue weighted by molar-refractivity contribution is -0.141. The van der Waals surface area contributed by atoms with Crippen LogP contribution >= 0.6 is 0 Å². The van der Waals surface area contributed by atoms with E-state index in [0.717, 1.165) is 49.9 Å². The van der Waals surface area contributed by atoms with Gasteiger partial charge in [-0.3, -0.25) is 9.69 Å². The summed E-state index contributed by atoms with van der Waals surface area (Å²) in [6, 6.07) is -0.288. The zero-order valence-corrected chi connectivity index (χ0v) is 11.8. The number of hydrogen-bond acceptors (Lipinski definition) is 2. The summed E-state index contributed by atoms with van der Waals surface area (Å²) in [5.41, 5.74) is -0.112. The van der Waals surface area contributed by atoms with Crippen LogP contribution in [-0.4, -0.2) is 28.4 Å². The molecule has 1 N–H and O–H groups in total. The molecule has 108 valence electrons.